The average Bonchev–Trinajstić information content (AvgIpc) is 2.71. The van der Waals surface area contributed by atoms with Crippen LogP contribution in [0.3, 0.4) is 0 Å². The van der Waals surface area contributed by atoms with Gasteiger partial charge in [-0.15, -0.1) is 0 Å². The molecule has 1 aromatic heterocycles. The topological polar surface area (TPSA) is 47.0 Å². The van der Waals surface area contributed by atoms with Gasteiger partial charge in [-0.3, -0.25) is 4.57 Å². The standard InChI is InChI=1S/C13H16N2O2/c1-9(2)12-8-14-13(16)15(12)10-5-4-6-11(7-10)17-3/h4-9H,1-3H3,(H,14,16). The number of ether oxygens (including phenoxy) is 1. The number of aromatic amines is 1. The first-order chi connectivity index (χ1) is 8.13. The Morgan fingerprint density at radius 2 is 2.12 bits per heavy atom. The summed E-state index contributed by atoms with van der Waals surface area (Å²) in [6.45, 7) is 4.11. The van der Waals surface area contributed by atoms with Crippen LogP contribution in [0.1, 0.15) is 25.5 Å². The Balaban J connectivity index is 2.59. The lowest BCUT2D eigenvalue weighted by Gasteiger charge is -2.10. The van der Waals surface area contributed by atoms with Crippen molar-refractivity contribution in [1.82, 2.24) is 9.55 Å². The molecule has 0 amide bonds. The fourth-order valence-electron chi connectivity index (χ4n) is 1.82. The molecule has 0 saturated heterocycles. The van der Waals surface area contributed by atoms with Crippen molar-refractivity contribution in [2.45, 2.75) is 19.8 Å². The van der Waals surface area contributed by atoms with Crippen LogP contribution in [0.4, 0.5) is 0 Å². The molecule has 4 heteroatoms. The van der Waals surface area contributed by atoms with Crippen LogP contribution >= 0.6 is 0 Å². The molecule has 1 heterocycles. The number of aromatic nitrogens is 2. The maximum Gasteiger partial charge on any atom is 0.330 e. The zero-order valence-corrected chi connectivity index (χ0v) is 10.2. The molecule has 4 nitrogen and oxygen atoms in total. The van der Waals surface area contributed by atoms with Crippen LogP contribution < -0.4 is 10.4 Å². The number of hydrogen-bond donors (Lipinski definition) is 1. The number of methoxy groups -OCH3 is 1. The van der Waals surface area contributed by atoms with Gasteiger partial charge in [0.1, 0.15) is 5.75 Å². The van der Waals surface area contributed by atoms with Gasteiger partial charge in [0, 0.05) is 18.0 Å². The molecule has 0 saturated carbocycles. The number of imidazole rings is 1. The van der Waals surface area contributed by atoms with Gasteiger partial charge in [-0.1, -0.05) is 19.9 Å². The van der Waals surface area contributed by atoms with Crippen molar-refractivity contribution >= 4 is 0 Å². The van der Waals surface area contributed by atoms with Gasteiger partial charge in [0.05, 0.1) is 12.8 Å². The summed E-state index contributed by atoms with van der Waals surface area (Å²) in [6.07, 6.45) is 1.76. The lowest BCUT2D eigenvalue weighted by Crippen LogP contribution is -2.17. The van der Waals surface area contributed by atoms with Crippen molar-refractivity contribution in [1.29, 1.82) is 0 Å². The zero-order chi connectivity index (χ0) is 12.4. The smallest absolute Gasteiger partial charge is 0.330 e. The van der Waals surface area contributed by atoms with Crippen LogP contribution in [0.15, 0.2) is 35.3 Å². The van der Waals surface area contributed by atoms with Gasteiger partial charge in [-0.25, -0.2) is 4.79 Å². The molecule has 0 aliphatic carbocycles. The molecular weight excluding hydrogens is 216 g/mol. The SMILES string of the molecule is COc1cccc(-n2c(C(C)C)c[nH]c2=O)c1. The summed E-state index contributed by atoms with van der Waals surface area (Å²) in [6, 6.07) is 7.47. The van der Waals surface area contributed by atoms with Gasteiger partial charge >= 0.3 is 5.69 Å². The van der Waals surface area contributed by atoms with Gasteiger partial charge in [-0.2, -0.15) is 0 Å². The van der Waals surface area contributed by atoms with Gasteiger partial charge in [0.25, 0.3) is 0 Å². The van der Waals surface area contributed by atoms with E-state index in [1.165, 1.54) is 0 Å². The van der Waals surface area contributed by atoms with E-state index in [1.54, 1.807) is 17.9 Å². The van der Waals surface area contributed by atoms with Crippen molar-refractivity contribution < 1.29 is 4.74 Å². The minimum Gasteiger partial charge on any atom is -0.497 e. The fraction of sp³-hybridized carbons (Fsp3) is 0.308. The number of nitrogens with one attached hydrogen (secondary N) is 1. The minimum absolute atomic E-state index is 0.123. The highest BCUT2D eigenvalue weighted by Crippen LogP contribution is 2.20. The van der Waals surface area contributed by atoms with Crippen molar-refractivity contribution in [2.75, 3.05) is 7.11 Å². The van der Waals surface area contributed by atoms with E-state index >= 15 is 0 Å². The highest BCUT2D eigenvalue weighted by Gasteiger charge is 2.11. The molecule has 0 unspecified atom stereocenters. The molecule has 0 atom stereocenters. The highest BCUT2D eigenvalue weighted by atomic mass is 16.5. The largest absolute Gasteiger partial charge is 0.497 e. The van der Waals surface area contributed by atoms with Crippen LogP contribution in [0.25, 0.3) is 5.69 Å². The molecule has 1 N–H and O–H groups in total. The summed E-state index contributed by atoms with van der Waals surface area (Å²) in [5.74, 6) is 1.02. The van der Waals surface area contributed by atoms with Crippen molar-refractivity contribution in [3.63, 3.8) is 0 Å². The van der Waals surface area contributed by atoms with E-state index in [0.29, 0.717) is 0 Å². The second-order valence-corrected chi connectivity index (χ2v) is 4.21. The van der Waals surface area contributed by atoms with Gasteiger partial charge in [-0.05, 0) is 18.1 Å². The van der Waals surface area contributed by atoms with E-state index in [0.717, 1.165) is 17.1 Å². The van der Waals surface area contributed by atoms with E-state index in [1.807, 2.05) is 24.3 Å². The van der Waals surface area contributed by atoms with E-state index in [9.17, 15) is 4.79 Å². The zero-order valence-electron chi connectivity index (χ0n) is 10.2. The van der Waals surface area contributed by atoms with E-state index in [-0.39, 0.29) is 11.6 Å². The molecule has 2 rings (SSSR count). The molecular formula is C13H16N2O2. The third kappa shape index (κ3) is 2.11. The highest BCUT2D eigenvalue weighted by molar-refractivity contribution is 5.40. The number of rotatable bonds is 3. The summed E-state index contributed by atoms with van der Waals surface area (Å²) in [4.78, 5) is 14.5. The molecule has 2 aromatic rings. The minimum atomic E-state index is -0.123. The lowest BCUT2D eigenvalue weighted by molar-refractivity contribution is 0.414. The van der Waals surface area contributed by atoms with Crippen molar-refractivity contribution in [3.05, 3.63) is 46.6 Å². The fourth-order valence-corrected chi connectivity index (χ4v) is 1.82. The predicted molar refractivity (Wildman–Crippen MR) is 67.0 cm³/mol. The first-order valence-electron chi connectivity index (χ1n) is 5.58. The monoisotopic (exact) mass is 232 g/mol. The first-order valence-corrected chi connectivity index (χ1v) is 5.58. The van der Waals surface area contributed by atoms with E-state index < -0.39 is 0 Å². The van der Waals surface area contributed by atoms with Gasteiger partial charge in [0.15, 0.2) is 0 Å². The third-order valence-electron chi connectivity index (χ3n) is 2.71. The van der Waals surface area contributed by atoms with Crippen molar-refractivity contribution in [3.8, 4) is 11.4 Å². The third-order valence-corrected chi connectivity index (χ3v) is 2.71. The van der Waals surface area contributed by atoms with Crippen LogP contribution in [-0.2, 0) is 0 Å². The molecule has 90 valence electrons. The van der Waals surface area contributed by atoms with Crippen LogP contribution in [0.5, 0.6) is 5.75 Å². The molecule has 0 bridgehead atoms. The number of benzene rings is 1. The Bertz CT molecular complexity index is 567. The maximum atomic E-state index is 11.8. The maximum absolute atomic E-state index is 11.8. The summed E-state index contributed by atoms with van der Waals surface area (Å²) in [5, 5.41) is 0. The molecule has 0 aliphatic heterocycles. The summed E-state index contributed by atoms with van der Waals surface area (Å²) in [7, 11) is 1.61. The number of nitrogens with zero attached hydrogens (tertiary/aromatic N) is 1. The average molecular weight is 232 g/mol. The van der Waals surface area contributed by atoms with Gasteiger partial charge < -0.3 is 9.72 Å². The van der Waals surface area contributed by atoms with Gasteiger partial charge in [0.2, 0.25) is 0 Å². The molecule has 1 aromatic carbocycles. The Kier molecular flexibility index (Phi) is 3.04. The number of hydrogen-bond acceptors (Lipinski definition) is 2. The summed E-state index contributed by atoms with van der Waals surface area (Å²) in [5.41, 5.74) is 1.66. The predicted octanol–water partition coefficient (Wildman–Crippen LogP) is 2.30. The van der Waals surface area contributed by atoms with E-state index in [4.69, 9.17) is 4.74 Å². The molecule has 0 aliphatic rings. The quantitative estimate of drug-likeness (QED) is 0.882. The second kappa shape index (κ2) is 4.49. The molecule has 17 heavy (non-hydrogen) atoms. The van der Waals surface area contributed by atoms with E-state index in [2.05, 4.69) is 18.8 Å². The summed E-state index contributed by atoms with van der Waals surface area (Å²) < 4.78 is 6.84. The first kappa shape index (κ1) is 11.5. The summed E-state index contributed by atoms with van der Waals surface area (Å²) >= 11 is 0. The normalized spacial score (nSPS) is 10.8. The second-order valence-electron chi connectivity index (χ2n) is 4.21. The Morgan fingerprint density at radius 3 is 2.76 bits per heavy atom. The lowest BCUT2D eigenvalue weighted by atomic mass is 10.1. The Hall–Kier alpha value is -1.97. The molecule has 0 fully saturated rings. The van der Waals surface area contributed by atoms with Crippen LogP contribution in [-0.4, -0.2) is 16.7 Å². The van der Waals surface area contributed by atoms with Crippen LogP contribution in [0.2, 0.25) is 0 Å². The molecule has 0 spiro atoms. The number of H-pyrrole nitrogens is 1. The van der Waals surface area contributed by atoms with Crippen molar-refractivity contribution in [2.24, 2.45) is 0 Å². The van der Waals surface area contributed by atoms with Crippen LogP contribution in [0, 0.1) is 0 Å². The Labute approximate surface area is 99.9 Å². The Morgan fingerprint density at radius 1 is 1.35 bits per heavy atom. The molecule has 0 radical (unpaired) electrons.